The van der Waals surface area contributed by atoms with Gasteiger partial charge in [0.15, 0.2) is 17.2 Å². The van der Waals surface area contributed by atoms with Crippen molar-refractivity contribution in [1.82, 2.24) is 15.4 Å². The topological polar surface area (TPSA) is 86.3 Å². The van der Waals surface area contributed by atoms with Crippen LogP contribution in [0.15, 0.2) is 12.1 Å². The van der Waals surface area contributed by atoms with Crippen LogP contribution >= 0.6 is 22.6 Å². The fourth-order valence-electron chi connectivity index (χ4n) is 2.92. The molecule has 0 aliphatic heterocycles. The maximum Gasteiger partial charge on any atom is 0.361 e. The van der Waals surface area contributed by atoms with Gasteiger partial charge in [0.05, 0.1) is 23.4 Å². The van der Waals surface area contributed by atoms with Crippen LogP contribution in [0.25, 0.3) is 11.3 Å². The summed E-state index contributed by atoms with van der Waals surface area (Å²) in [5.74, 6) is 0.845. The first-order valence-corrected chi connectivity index (χ1v) is 9.34. The Kier molecular flexibility index (Phi) is 5.77. The van der Waals surface area contributed by atoms with Gasteiger partial charge in [-0.25, -0.2) is 4.79 Å². The predicted octanol–water partition coefficient (Wildman–Crippen LogP) is 3.58. The third-order valence-corrected chi connectivity index (χ3v) is 4.91. The number of benzene rings is 1. The van der Waals surface area contributed by atoms with Crippen LogP contribution in [-0.4, -0.2) is 41.2 Å². The normalized spacial score (nSPS) is 14.5. The molecule has 1 aromatic carbocycles. The van der Waals surface area contributed by atoms with E-state index in [-0.39, 0.29) is 18.4 Å². The highest BCUT2D eigenvalue weighted by atomic mass is 127. The Morgan fingerprint density at radius 1 is 1.32 bits per heavy atom. The molecule has 0 unspecified atom stereocenters. The minimum Gasteiger partial charge on any atom is -0.493 e. The third-order valence-electron chi connectivity index (χ3n) is 4.11. The number of nitrogens with zero attached hydrogens (tertiary/aromatic N) is 2. The smallest absolute Gasteiger partial charge is 0.361 e. The number of ether oxygens (including phenoxy) is 3. The molecular weight excluding hydrogens is 437 g/mol. The second-order valence-corrected chi connectivity index (χ2v) is 6.92. The monoisotopic (exact) mass is 457 g/mol. The minimum absolute atomic E-state index is 0.157. The molecule has 1 fully saturated rings. The average Bonchev–Trinajstić information content (AvgIpc) is 3.28. The molecule has 1 aliphatic rings. The minimum atomic E-state index is -0.508. The Morgan fingerprint density at radius 2 is 2.08 bits per heavy atom. The van der Waals surface area contributed by atoms with Crippen LogP contribution in [0, 0.1) is 3.57 Å². The highest BCUT2D eigenvalue weighted by Crippen LogP contribution is 2.39. The van der Waals surface area contributed by atoms with Crippen molar-refractivity contribution < 1.29 is 19.0 Å². The summed E-state index contributed by atoms with van der Waals surface area (Å²) in [4.78, 5) is 12.0. The molecule has 1 heterocycles. The molecule has 0 amide bonds. The zero-order valence-electron chi connectivity index (χ0n) is 14.2. The fraction of sp³-hybridized carbons (Fsp3) is 0.471. The number of methoxy groups -OCH3 is 1. The highest BCUT2D eigenvalue weighted by Gasteiger charge is 2.24. The van der Waals surface area contributed by atoms with Crippen LogP contribution in [0.5, 0.6) is 11.5 Å². The summed E-state index contributed by atoms with van der Waals surface area (Å²) in [6.45, 7) is 2.03. The largest absolute Gasteiger partial charge is 0.493 e. The van der Waals surface area contributed by atoms with Crippen molar-refractivity contribution in [2.24, 2.45) is 0 Å². The molecule has 0 bridgehead atoms. The molecule has 7 nitrogen and oxygen atoms in total. The first-order valence-electron chi connectivity index (χ1n) is 8.26. The summed E-state index contributed by atoms with van der Waals surface area (Å²) in [6.07, 6.45) is 4.76. The SMILES string of the molecule is CCOC(=O)c1n[nH]nc1-c1cc(I)c(OC2CCCC2)c(OC)c1. The van der Waals surface area contributed by atoms with Crippen LogP contribution < -0.4 is 9.47 Å². The van der Waals surface area contributed by atoms with Gasteiger partial charge in [0.2, 0.25) is 0 Å². The Labute approximate surface area is 159 Å². The molecule has 0 radical (unpaired) electrons. The molecule has 25 heavy (non-hydrogen) atoms. The highest BCUT2D eigenvalue weighted by molar-refractivity contribution is 14.1. The van der Waals surface area contributed by atoms with Crippen molar-refractivity contribution in [2.45, 2.75) is 38.7 Å². The van der Waals surface area contributed by atoms with E-state index in [0.29, 0.717) is 11.4 Å². The number of hydrogen-bond acceptors (Lipinski definition) is 6. The summed E-state index contributed by atoms with van der Waals surface area (Å²) in [6, 6.07) is 3.72. The lowest BCUT2D eigenvalue weighted by Crippen LogP contribution is -2.12. The average molecular weight is 457 g/mol. The van der Waals surface area contributed by atoms with E-state index in [2.05, 4.69) is 38.0 Å². The third kappa shape index (κ3) is 3.88. The molecule has 1 aromatic heterocycles. The first-order chi connectivity index (χ1) is 12.1. The van der Waals surface area contributed by atoms with E-state index >= 15 is 0 Å². The van der Waals surface area contributed by atoms with Gasteiger partial charge in [-0.2, -0.15) is 10.3 Å². The Bertz CT molecular complexity index is 756. The van der Waals surface area contributed by atoms with Crippen LogP contribution in [-0.2, 0) is 4.74 Å². The van der Waals surface area contributed by atoms with Crippen molar-refractivity contribution in [3.63, 3.8) is 0 Å². The maximum atomic E-state index is 12.0. The lowest BCUT2D eigenvalue weighted by atomic mass is 10.1. The number of hydrogen-bond donors (Lipinski definition) is 1. The van der Waals surface area contributed by atoms with Crippen LogP contribution in [0.2, 0.25) is 0 Å². The van der Waals surface area contributed by atoms with Gasteiger partial charge in [-0.05, 0) is 67.3 Å². The summed E-state index contributed by atoms with van der Waals surface area (Å²) >= 11 is 2.21. The van der Waals surface area contributed by atoms with E-state index in [1.165, 1.54) is 12.8 Å². The van der Waals surface area contributed by atoms with Crippen molar-refractivity contribution in [1.29, 1.82) is 0 Å². The Hall–Kier alpha value is -1.84. The van der Waals surface area contributed by atoms with Crippen molar-refractivity contribution >= 4 is 28.6 Å². The van der Waals surface area contributed by atoms with E-state index < -0.39 is 5.97 Å². The zero-order chi connectivity index (χ0) is 17.8. The lowest BCUT2D eigenvalue weighted by Gasteiger charge is -2.18. The molecular formula is C17H20IN3O4. The zero-order valence-corrected chi connectivity index (χ0v) is 16.3. The molecule has 3 rings (SSSR count). The van der Waals surface area contributed by atoms with E-state index in [1.54, 1.807) is 14.0 Å². The summed E-state index contributed by atoms with van der Waals surface area (Å²) in [5.41, 5.74) is 1.31. The summed E-state index contributed by atoms with van der Waals surface area (Å²) in [5, 5.41) is 10.5. The van der Waals surface area contributed by atoms with Gasteiger partial charge in [-0.3, -0.25) is 0 Å². The van der Waals surface area contributed by atoms with Gasteiger partial charge in [-0.15, -0.1) is 5.10 Å². The van der Waals surface area contributed by atoms with Crippen molar-refractivity contribution in [2.75, 3.05) is 13.7 Å². The van der Waals surface area contributed by atoms with E-state index in [4.69, 9.17) is 14.2 Å². The number of carbonyl (C=O) groups is 1. The van der Waals surface area contributed by atoms with E-state index in [0.717, 1.165) is 27.7 Å². The fourth-order valence-corrected chi connectivity index (χ4v) is 3.65. The Morgan fingerprint density at radius 3 is 2.76 bits per heavy atom. The van der Waals surface area contributed by atoms with Gasteiger partial charge in [0.1, 0.15) is 5.69 Å². The van der Waals surface area contributed by atoms with E-state index in [9.17, 15) is 4.79 Å². The lowest BCUT2D eigenvalue weighted by molar-refractivity contribution is 0.0520. The number of rotatable bonds is 6. The van der Waals surface area contributed by atoms with Crippen LogP contribution in [0.1, 0.15) is 43.1 Å². The Balaban J connectivity index is 1.95. The number of carbonyl (C=O) groups excluding carboxylic acids is 1. The second kappa shape index (κ2) is 8.03. The molecule has 2 aromatic rings. The first kappa shape index (κ1) is 18.0. The maximum absolute atomic E-state index is 12.0. The number of nitrogens with one attached hydrogen (secondary N) is 1. The second-order valence-electron chi connectivity index (χ2n) is 5.76. The quantitative estimate of drug-likeness (QED) is 0.527. The van der Waals surface area contributed by atoms with Crippen LogP contribution in [0.3, 0.4) is 0 Å². The standard InChI is InChI=1S/C17H20IN3O4/c1-3-24-17(22)15-14(19-21-20-15)10-8-12(18)16(13(9-10)23-2)25-11-6-4-5-7-11/h8-9,11H,3-7H2,1-2H3,(H,19,20,21). The molecule has 8 heteroatoms. The molecule has 0 spiro atoms. The van der Waals surface area contributed by atoms with Gasteiger partial charge in [0, 0.05) is 5.56 Å². The molecule has 1 N–H and O–H groups in total. The van der Waals surface area contributed by atoms with Crippen LogP contribution in [0.4, 0.5) is 0 Å². The number of aromatic nitrogens is 3. The number of halogens is 1. The molecule has 1 saturated carbocycles. The predicted molar refractivity (Wildman–Crippen MR) is 99.9 cm³/mol. The molecule has 134 valence electrons. The van der Waals surface area contributed by atoms with Gasteiger partial charge < -0.3 is 14.2 Å². The summed E-state index contributed by atoms with van der Waals surface area (Å²) in [7, 11) is 1.60. The van der Waals surface area contributed by atoms with Crippen molar-refractivity contribution in [3.05, 3.63) is 21.4 Å². The molecule has 0 saturated heterocycles. The number of esters is 1. The molecule has 1 aliphatic carbocycles. The van der Waals surface area contributed by atoms with Crippen molar-refractivity contribution in [3.8, 4) is 22.8 Å². The number of H-pyrrole nitrogens is 1. The molecule has 0 atom stereocenters. The van der Waals surface area contributed by atoms with Gasteiger partial charge >= 0.3 is 5.97 Å². The van der Waals surface area contributed by atoms with Gasteiger partial charge in [0.25, 0.3) is 0 Å². The summed E-state index contributed by atoms with van der Waals surface area (Å²) < 4.78 is 17.6. The van der Waals surface area contributed by atoms with Gasteiger partial charge in [-0.1, -0.05) is 0 Å². The van der Waals surface area contributed by atoms with E-state index in [1.807, 2.05) is 12.1 Å². The number of aromatic amines is 1.